The van der Waals surface area contributed by atoms with Gasteiger partial charge in [-0.25, -0.2) is 4.39 Å². The predicted molar refractivity (Wildman–Crippen MR) is 46.8 cm³/mol. The maximum absolute atomic E-state index is 12.1. The summed E-state index contributed by atoms with van der Waals surface area (Å²) in [7, 11) is 0. The van der Waals surface area contributed by atoms with E-state index in [0.29, 0.717) is 6.29 Å². The first-order valence-electron chi connectivity index (χ1n) is 3.04. The van der Waals surface area contributed by atoms with Gasteiger partial charge in [-0.05, 0) is 28.1 Å². The summed E-state index contributed by atoms with van der Waals surface area (Å²) >= 11 is 4.63. The zero-order valence-electron chi connectivity index (χ0n) is 5.59. The Hall–Kier alpha value is -0.220. The minimum absolute atomic E-state index is 0.578. The molecule has 0 spiro atoms. The highest BCUT2D eigenvalue weighted by molar-refractivity contribution is 9.11. The standard InChI is InChI=1S/C7H6BrFOS/c8-7-2-1-6(11-7)5(3-9)4-10/h1-2,4-5H,3H2. The molecule has 1 nitrogen and oxygen atoms in total. The molecule has 4 heteroatoms. The summed E-state index contributed by atoms with van der Waals surface area (Å²) in [6, 6.07) is 3.57. The number of halogens is 2. The minimum Gasteiger partial charge on any atom is -0.303 e. The van der Waals surface area contributed by atoms with Gasteiger partial charge in [0.25, 0.3) is 0 Å². The van der Waals surface area contributed by atoms with Crippen LogP contribution in [0.1, 0.15) is 10.8 Å². The van der Waals surface area contributed by atoms with Crippen molar-refractivity contribution in [2.75, 3.05) is 6.67 Å². The fourth-order valence-electron chi connectivity index (χ4n) is 0.707. The maximum atomic E-state index is 12.1. The Morgan fingerprint density at radius 3 is 2.82 bits per heavy atom. The van der Waals surface area contributed by atoms with Crippen LogP contribution in [0.25, 0.3) is 0 Å². The third-order valence-electron chi connectivity index (χ3n) is 1.29. The van der Waals surface area contributed by atoms with Crippen LogP contribution in [-0.2, 0) is 4.79 Å². The van der Waals surface area contributed by atoms with E-state index in [1.54, 1.807) is 6.07 Å². The maximum Gasteiger partial charge on any atom is 0.130 e. The molecule has 1 aromatic rings. The van der Waals surface area contributed by atoms with E-state index in [0.717, 1.165) is 8.66 Å². The number of aldehydes is 1. The Labute approximate surface area is 76.4 Å². The SMILES string of the molecule is O=CC(CF)c1ccc(Br)s1. The van der Waals surface area contributed by atoms with Crippen molar-refractivity contribution < 1.29 is 9.18 Å². The van der Waals surface area contributed by atoms with E-state index in [1.165, 1.54) is 11.3 Å². The zero-order chi connectivity index (χ0) is 8.27. The molecular formula is C7H6BrFOS. The molecule has 0 aromatic carbocycles. The summed E-state index contributed by atoms with van der Waals surface area (Å²) in [5, 5.41) is 0. The number of hydrogen-bond acceptors (Lipinski definition) is 2. The molecule has 0 radical (unpaired) electrons. The van der Waals surface area contributed by atoms with Crippen LogP contribution in [-0.4, -0.2) is 13.0 Å². The van der Waals surface area contributed by atoms with E-state index in [2.05, 4.69) is 15.9 Å². The van der Waals surface area contributed by atoms with E-state index in [-0.39, 0.29) is 0 Å². The van der Waals surface area contributed by atoms with Gasteiger partial charge in [-0.3, -0.25) is 0 Å². The summed E-state index contributed by atoms with van der Waals surface area (Å²) in [5.41, 5.74) is 0. The molecule has 1 aromatic heterocycles. The molecule has 0 aliphatic carbocycles. The minimum atomic E-state index is -0.615. The highest BCUT2D eigenvalue weighted by atomic mass is 79.9. The van der Waals surface area contributed by atoms with E-state index in [9.17, 15) is 9.18 Å². The summed E-state index contributed by atoms with van der Waals surface area (Å²) in [5.74, 6) is -0.578. The van der Waals surface area contributed by atoms with Crippen LogP contribution in [0.4, 0.5) is 4.39 Å². The topological polar surface area (TPSA) is 17.1 Å². The molecule has 0 fully saturated rings. The lowest BCUT2D eigenvalue weighted by Crippen LogP contribution is -1.98. The molecule has 1 rings (SSSR count). The van der Waals surface area contributed by atoms with Gasteiger partial charge >= 0.3 is 0 Å². The molecule has 0 amide bonds. The van der Waals surface area contributed by atoms with Crippen molar-refractivity contribution in [1.82, 2.24) is 0 Å². The second-order valence-electron chi connectivity index (χ2n) is 2.04. The second-order valence-corrected chi connectivity index (χ2v) is 4.53. The third-order valence-corrected chi connectivity index (χ3v) is 3.05. The first-order chi connectivity index (χ1) is 5.27. The molecule has 0 saturated heterocycles. The van der Waals surface area contributed by atoms with Crippen molar-refractivity contribution >= 4 is 33.6 Å². The van der Waals surface area contributed by atoms with Crippen molar-refractivity contribution in [3.05, 3.63) is 20.8 Å². The van der Waals surface area contributed by atoms with Crippen LogP contribution in [0.15, 0.2) is 15.9 Å². The van der Waals surface area contributed by atoms with Crippen molar-refractivity contribution in [1.29, 1.82) is 0 Å². The highest BCUT2D eigenvalue weighted by Gasteiger charge is 2.11. The number of rotatable bonds is 3. The molecule has 11 heavy (non-hydrogen) atoms. The third kappa shape index (κ3) is 2.10. The van der Waals surface area contributed by atoms with Gasteiger partial charge in [0.05, 0.1) is 9.70 Å². The number of carbonyl (C=O) groups excluding carboxylic acids is 1. The molecular weight excluding hydrogens is 231 g/mol. The normalized spacial score (nSPS) is 12.9. The Bertz CT molecular complexity index is 248. The van der Waals surface area contributed by atoms with Crippen LogP contribution in [0.5, 0.6) is 0 Å². The van der Waals surface area contributed by atoms with Crippen molar-refractivity contribution in [3.8, 4) is 0 Å². The van der Waals surface area contributed by atoms with Gasteiger partial charge in [0.2, 0.25) is 0 Å². The Balaban J connectivity index is 2.81. The second kappa shape index (κ2) is 3.97. The summed E-state index contributed by atoms with van der Waals surface area (Å²) in [4.78, 5) is 11.1. The lowest BCUT2D eigenvalue weighted by atomic mass is 10.1. The van der Waals surface area contributed by atoms with Crippen LogP contribution >= 0.6 is 27.3 Å². The molecule has 60 valence electrons. The van der Waals surface area contributed by atoms with Gasteiger partial charge in [0, 0.05) is 4.88 Å². The van der Waals surface area contributed by atoms with Gasteiger partial charge in [0.15, 0.2) is 0 Å². The van der Waals surface area contributed by atoms with Gasteiger partial charge in [0.1, 0.15) is 13.0 Å². The smallest absolute Gasteiger partial charge is 0.130 e. The van der Waals surface area contributed by atoms with E-state index >= 15 is 0 Å². The van der Waals surface area contributed by atoms with Gasteiger partial charge in [-0.1, -0.05) is 0 Å². The van der Waals surface area contributed by atoms with Crippen LogP contribution in [0.3, 0.4) is 0 Å². The monoisotopic (exact) mass is 236 g/mol. The number of thiophene rings is 1. The van der Waals surface area contributed by atoms with E-state index < -0.39 is 12.6 Å². The Morgan fingerprint density at radius 2 is 2.45 bits per heavy atom. The Morgan fingerprint density at radius 1 is 1.73 bits per heavy atom. The molecule has 0 bridgehead atoms. The fraction of sp³-hybridized carbons (Fsp3) is 0.286. The molecule has 1 heterocycles. The van der Waals surface area contributed by atoms with Gasteiger partial charge in [-0.2, -0.15) is 0 Å². The molecule has 1 unspecified atom stereocenters. The predicted octanol–water partition coefficient (Wildman–Crippen LogP) is 2.76. The fourth-order valence-corrected chi connectivity index (χ4v) is 2.17. The quantitative estimate of drug-likeness (QED) is 0.738. The van der Waals surface area contributed by atoms with Gasteiger partial charge in [-0.15, -0.1) is 11.3 Å². The van der Waals surface area contributed by atoms with Crippen molar-refractivity contribution in [2.45, 2.75) is 5.92 Å². The largest absolute Gasteiger partial charge is 0.303 e. The average molecular weight is 237 g/mol. The van der Waals surface area contributed by atoms with Gasteiger partial charge < -0.3 is 4.79 Å². The summed E-state index contributed by atoms with van der Waals surface area (Å²) in [6.45, 7) is -0.615. The molecule has 0 saturated carbocycles. The molecule has 0 N–H and O–H groups in total. The lowest BCUT2D eigenvalue weighted by Gasteiger charge is -1.98. The molecule has 0 aliphatic rings. The van der Waals surface area contributed by atoms with Crippen LogP contribution in [0, 0.1) is 0 Å². The summed E-state index contributed by atoms with van der Waals surface area (Å²) in [6.07, 6.45) is 0.637. The number of carbonyl (C=O) groups is 1. The number of hydrogen-bond donors (Lipinski definition) is 0. The first kappa shape index (κ1) is 8.87. The van der Waals surface area contributed by atoms with Crippen LogP contribution in [0.2, 0.25) is 0 Å². The molecule has 0 aliphatic heterocycles. The Kier molecular flexibility index (Phi) is 3.20. The molecule has 1 atom stereocenters. The first-order valence-corrected chi connectivity index (χ1v) is 4.65. The lowest BCUT2D eigenvalue weighted by molar-refractivity contribution is -0.109. The van der Waals surface area contributed by atoms with E-state index in [1.807, 2.05) is 6.07 Å². The summed E-state index contributed by atoms with van der Waals surface area (Å²) < 4.78 is 13.0. The van der Waals surface area contributed by atoms with Crippen molar-refractivity contribution in [3.63, 3.8) is 0 Å². The van der Waals surface area contributed by atoms with Crippen molar-refractivity contribution in [2.24, 2.45) is 0 Å². The number of alkyl halides is 1. The highest BCUT2D eigenvalue weighted by Crippen LogP contribution is 2.27. The zero-order valence-corrected chi connectivity index (χ0v) is 7.99. The average Bonchev–Trinajstić information content (AvgIpc) is 2.39. The van der Waals surface area contributed by atoms with E-state index in [4.69, 9.17) is 0 Å². The van der Waals surface area contributed by atoms with Crippen LogP contribution < -0.4 is 0 Å².